The molecule has 0 radical (unpaired) electrons. The number of hydrogen-bond donors (Lipinski definition) is 1. The summed E-state index contributed by atoms with van der Waals surface area (Å²) in [7, 11) is 0. The minimum absolute atomic E-state index is 0.297. The van der Waals surface area contributed by atoms with E-state index in [0.717, 1.165) is 13.0 Å². The van der Waals surface area contributed by atoms with Crippen molar-refractivity contribution in [2.24, 2.45) is 0 Å². The molecule has 1 heterocycles. The summed E-state index contributed by atoms with van der Waals surface area (Å²) in [6.07, 6.45) is 1.15. The first kappa shape index (κ1) is 15.7. The highest BCUT2D eigenvalue weighted by Crippen LogP contribution is 2.32. The molecule has 1 aromatic heterocycles. The smallest absolute Gasteiger partial charge is 0.0674 e. The van der Waals surface area contributed by atoms with E-state index < -0.39 is 0 Å². The van der Waals surface area contributed by atoms with E-state index in [1.165, 1.54) is 31.6 Å². The third-order valence-electron chi connectivity index (χ3n) is 3.66. The summed E-state index contributed by atoms with van der Waals surface area (Å²) >= 11 is 5.38. The van der Waals surface area contributed by atoms with Gasteiger partial charge in [-0.2, -0.15) is 0 Å². The monoisotopic (exact) mass is 351 g/mol. The molecule has 0 saturated heterocycles. The number of aryl methyl sites for hydroxylation is 3. The van der Waals surface area contributed by atoms with E-state index in [2.05, 4.69) is 72.5 Å². The Morgan fingerprint density at radius 2 is 1.80 bits per heavy atom. The highest BCUT2D eigenvalue weighted by Gasteiger charge is 2.18. The molecule has 0 aliphatic heterocycles. The van der Waals surface area contributed by atoms with Gasteiger partial charge in [-0.05, 0) is 78.0 Å². The number of rotatable bonds is 5. The van der Waals surface area contributed by atoms with Crippen LogP contribution < -0.4 is 5.32 Å². The van der Waals surface area contributed by atoms with Gasteiger partial charge in [0.05, 0.1) is 6.04 Å². The lowest BCUT2D eigenvalue weighted by molar-refractivity contribution is 0.603. The second-order valence-corrected chi connectivity index (χ2v) is 7.21. The first-order chi connectivity index (χ1) is 9.52. The minimum atomic E-state index is 0.297. The fourth-order valence-corrected chi connectivity index (χ4v) is 3.96. The molecule has 2 rings (SSSR count). The van der Waals surface area contributed by atoms with Crippen LogP contribution in [-0.4, -0.2) is 6.54 Å². The van der Waals surface area contributed by atoms with Crippen LogP contribution >= 0.6 is 27.3 Å². The molecule has 1 nitrogen and oxygen atoms in total. The van der Waals surface area contributed by atoms with E-state index in [4.69, 9.17) is 0 Å². The van der Waals surface area contributed by atoms with E-state index in [9.17, 15) is 0 Å². The minimum Gasteiger partial charge on any atom is -0.306 e. The van der Waals surface area contributed by atoms with Crippen LogP contribution in [0.2, 0.25) is 0 Å². The van der Waals surface area contributed by atoms with Crippen LogP contribution in [0.15, 0.2) is 28.1 Å². The predicted octanol–water partition coefficient (Wildman–Crippen LogP) is 5.52. The van der Waals surface area contributed by atoms with Crippen LogP contribution in [0.3, 0.4) is 0 Å². The maximum Gasteiger partial charge on any atom is 0.0674 e. The average molecular weight is 352 g/mol. The summed E-state index contributed by atoms with van der Waals surface area (Å²) < 4.78 is 1.17. The molecule has 20 heavy (non-hydrogen) atoms. The Bertz CT molecular complexity index is 589. The third kappa shape index (κ3) is 3.51. The second kappa shape index (κ2) is 6.88. The zero-order valence-corrected chi connectivity index (χ0v) is 15.0. The maximum absolute atomic E-state index is 3.69. The highest BCUT2D eigenvalue weighted by atomic mass is 79.9. The maximum atomic E-state index is 3.69. The standard InChI is InChI=1S/C17H22BrNS/c1-5-6-19-17(16-9-14(18)10-20-16)15-8-12(3)11(2)7-13(15)4/h7-10,17,19H,5-6H2,1-4H3. The Morgan fingerprint density at radius 1 is 1.10 bits per heavy atom. The molecule has 2 aromatic rings. The number of benzene rings is 1. The van der Waals surface area contributed by atoms with E-state index in [1.54, 1.807) is 0 Å². The molecule has 0 fully saturated rings. The van der Waals surface area contributed by atoms with Crippen molar-refractivity contribution >= 4 is 27.3 Å². The van der Waals surface area contributed by atoms with Gasteiger partial charge in [0.2, 0.25) is 0 Å². The van der Waals surface area contributed by atoms with Gasteiger partial charge in [0.15, 0.2) is 0 Å². The van der Waals surface area contributed by atoms with Gasteiger partial charge in [-0.1, -0.05) is 19.1 Å². The molecular formula is C17H22BrNS. The second-order valence-electron chi connectivity index (χ2n) is 5.35. The molecule has 1 N–H and O–H groups in total. The first-order valence-corrected chi connectivity index (χ1v) is 8.75. The quantitative estimate of drug-likeness (QED) is 0.747. The molecule has 0 aliphatic rings. The van der Waals surface area contributed by atoms with Crippen LogP contribution in [-0.2, 0) is 0 Å². The predicted molar refractivity (Wildman–Crippen MR) is 92.8 cm³/mol. The Hall–Kier alpha value is -0.640. The summed E-state index contributed by atoms with van der Waals surface area (Å²) in [4.78, 5) is 1.37. The lowest BCUT2D eigenvalue weighted by Crippen LogP contribution is -2.23. The van der Waals surface area contributed by atoms with Crippen molar-refractivity contribution in [3.05, 3.63) is 55.2 Å². The summed E-state index contributed by atoms with van der Waals surface area (Å²) in [6, 6.07) is 7.16. The fraction of sp³-hybridized carbons (Fsp3) is 0.412. The molecule has 0 bridgehead atoms. The number of halogens is 1. The molecule has 0 saturated carbocycles. The zero-order valence-electron chi connectivity index (χ0n) is 12.6. The van der Waals surface area contributed by atoms with E-state index in [-0.39, 0.29) is 0 Å². The van der Waals surface area contributed by atoms with Gasteiger partial charge in [-0.25, -0.2) is 0 Å². The van der Waals surface area contributed by atoms with Crippen molar-refractivity contribution in [1.82, 2.24) is 5.32 Å². The Balaban J connectivity index is 2.43. The van der Waals surface area contributed by atoms with Crippen LogP contribution in [0, 0.1) is 20.8 Å². The summed E-state index contributed by atoms with van der Waals surface area (Å²) in [5.41, 5.74) is 5.50. The van der Waals surface area contributed by atoms with E-state index in [0.29, 0.717) is 6.04 Å². The Morgan fingerprint density at radius 3 is 2.40 bits per heavy atom. The topological polar surface area (TPSA) is 12.0 Å². The highest BCUT2D eigenvalue weighted by molar-refractivity contribution is 9.10. The molecule has 108 valence electrons. The van der Waals surface area contributed by atoms with Crippen molar-refractivity contribution in [1.29, 1.82) is 0 Å². The molecule has 1 unspecified atom stereocenters. The van der Waals surface area contributed by atoms with Gasteiger partial charge in [0.25, 0.3) is 0 Å². The average Bonchev–Trinajstić information content (AvgIpc) is 2.82. The van der Waals surface area contributed by atoms with Gasteiger partial charge in [0, 0.05) is 14.7 Å². The van der Waals surface area contributed by atoms with E-state index in [1.807, 2.05) is 11.3 Å². The fourth-order valence-electron chi connectivity index (χ4n) is 2.43. The van der Waals surface area contributed by atoms with Crippen molar-refractivity contribution < 1.29 is 0 Å². The van der Waals surface area contributed by atoms with Crippen molar-refractivity contribution in [3.63, 3.8) is 0 Å². The molecule has 0 amide bonds. The Labute approximate surface area is 134 Å². The van der Waals surface area contributed by atoms with Gasteiger partial charge < -0.3 is 5.32 Å². The summed E-state index contributed by atoms with van der Waals surface area (Å²) in [5, 5.41) is 5.85. The lowest BCUT2D eigenvalue weighted by atomic mass is 9.95. The van der Waals surface area contributed by atoms with Gasteiger partial charge in [0.1, 0.15) is 0 Å². The van der Waals surface area contributed by atoms with Crippen LogP contribution in [0.25, 0.3) is 0 Å². The molecule has 0 aliphatic carbocycles. The number of thiophene rings is 1. The molecule has 1 aromatic carbocycles. The lowest BCUT2D eigenvalue weighted by Gasteiger charge is -2.21. The van der Waals surface area contributed by atoms with Gasteiger partial charge in [-0.15, -0.1) is 11.3 Å². The third-order valence-corrected chi connectivity index (χ3v) is 5.42. The summed E-state index contributed by atoms with van der Waals surface area (Å²) in [5.74, 6) is 0. The van der Waals surface area contributed by atoms with Crippen LogP contribution in [0.1, 0.15) is 46.5 Å². The van der Waals surface area contributed by atoms with Crippen molar-refractivity contribution in [3.8, 4) is 0 Å². The number of nitrogens with one attached hydrogen (secondary N) is 1. The number of hydrogen-bond acceptors (Lipinski definition) is 2. The molecule has 3 heteroatoms. The molecule has 0 spiro atoms. The zero-order chi connectivity index (χ0) is 14.7. The van der Waals surface area contributed by atoms with Gasteiger partial charge in [-0.3, -0.25) is 0 Å². The molecular weight excluding hydrogens is 330 g/mol. The largest absolute Gasteiger partial charge is 0.306 e. The van der Waals surface area contributed by atoms with Crippen molar-refractivity contribution in [2.75, 3.05) is 6.54 Å². The Kier molecular flexibility index (Phi) is 5.42. The van der Waals surface area contributed by atoms with Crippen LogP contribution in [0.5, 0.6) is 0 Å². The first-order valence-electron chi connectivity index (χ1n) is 7.08. The SMILES string of the molecule is CCCNC(c1cc(Br)cs1)c1cc(C)c(C)cc1C. The normalized spacial score (nSPS) is 12.7. The van der Waals surface area contributed by atoms with Gasteiger partial charge >= 0.3 is 0 Å². The van der Waals surface area contributed by atoms with Crippen molar-refractivity contribution in [2.45, 2.75) is 40.2 Å². The van der Waals surface area contributed by atoms with Crippen LogP contribution in [0.4, 0.5) is 0 Å². The molecule has 1 atom stereocenters. The summed E-state index contributed by atoms with van der Waals surface area (Å²) in [6.45, 7) is 9.83. The van der Waals surface area contributed by atoms with E-state index >= 15 is 0 Å².